The van der Waals surface area contributed by atoms with Crippen molar-refractivity contribution in [3.63, 3.8) is 0 Å². The van der Waals surface area contributed by atoms with Crippen LogP contribution in [0.2, 0.25) is 0 Å². The van der Waals surface area contributed by atoms with Gasteiger partial charge in [-0.25, -0.2) is 0 Å². The van der Waals surface area contributed by atoms with E-state index in [2.05, 4.69) is 20.7 Å². The number of carbonyl (C=O) groups is 1. The summed E-state index contributed by atoms with van der Waals surface area (Å²) in [6, 6.07) is 4.19. The van der Waals surface area contributed by atoms with E-state index < -0.39 is 10.8 Å². The van der Waals surface area contributed by atoms with Crippen LogP contribution in [-0.4, -0.2) is 32.8 Å². The molecule has 0 saturated carbocycles. The van der Waals surface area contributed by atoms with Crippen LogP contribution in [0.15, 0.2) is 24.4 Å². The molecule has 9 nitrogen and oxygen atoms in total. The molecule has 0 aliphatic rings. The summed E-state index contributed by atoms with van der Waals surface area (Å²) in [7, 11) is 0. The van der Waals surface area contributed by atoms with Crippen molar-refractivity contribution in [3.8, 4) is 5.75 Å². The molecule has 0 saturated heterocycles. The summed E-state index contributed by atoms with van der Waals surface area (Å²) in [4.78, 5) is 22.2. The molecule has 20 heavy (non-hydrogen) atoms. The minimum atomic E-state index is -0.596. The van der Waals surface area contributed by atoms with E-state index in [1.165, 1.54) is 24.4 Å². The molecule has 9 heteroatoms. The fraction of sp³-hybridized carbons (Fsp3) is 0.182. The summed E-state index contributed by atoms with van der Waals surface area (Å²) in [5.41, 5.74) is -0.160. The zero-order chi connectivity index (χ0) is 14.5. The number of nitro benzene ring substituents is 1. The molecule has 1 heterocycles. The second kappa shape index (κ2) is 5.78. The van der Waals surface area contributed by atoms with Gasteiger partial charge in [0.05, 0.1) is 23.8 Å². The molecule has 2 N–H and O–H groups in total. The van der Waals surface area contributed by atoms with Crippen LogP contribution in [0.4, 0.5) is 11.4 Å². The first kappa shape index (κ1) is 13.5. The summed E-state index contributed by atoms with van der Waals surface area (Å²) < 4.78 is 5.18. The Balaban J connectivity index is 2.27. The monoisotopic (exact) mass is 277 g/mol. The number of hydrogen-bond acceptors (Lipinski definition) is 6. The first-order chi connectivity index (χ1) is 9.61. The molecule has 0 aliphatic carbocycles. The number of aromatic nitrogens is 3. The number of nitrogens with one attached hydrogen (secondary N) is 2. The van der Waals surface area contributed by atoms with E-state index in [-0.39, 0.29) is 17.1 Å². The maximum Gasteiger partial charge on any atom is 0.296 e. The Morgan fingerprint density at radius 3 is 2.95 bits per heavy atom. The Morgan fingerprint density at radius 2 is 2.35 bits per heavy atom. The van der Waals surface area contributed by atoms with Crippen molar-refractivity contribution in [3.05, 3.63) is 40.2 Å². The topological polar surface area (TPSA) is 123 Å². The smallest absolute Gasteiger partial charge is 0.296 e. The van der Waals surface area contributed by atoms with Crippen LogP contribution >= 0.6 is 0 Å². The van der Waals surface area contributed by atoms with Crippen LogP contribution in [-0.2, 0) is 0 Å². The van der Waals surface area contributed by atoms with Crippen LogP contribution in [0.5, 0.6) is 5.75 Å². The van der Waals surface area contributed by atoms with E-state index in [1.54, 1.807) is 6.92 Å². The van der Waals surface area contributed by atoms with Gasteiger partial charge in [0.2, 0.25) is 0 Å². The normalized spacial score (nSPS) is 10.1. The van der Waals surface area contributed by atoms with Crippen molar-refractivity contribution in [2.45, 2.75) is 6.92 Å². The number of benzene rings is 1. The van der Waals surface area contributed by atoms with E-state index in [0.717, 1.165) is 0 Å². The molecule has 1 aromatic heterocycles. The molecule has 0 atom stereocenters. The molecule has 0 fully saturated rings. The van der Waals surface area contributed by atoms with Gasteiger partial charge in [0, 0.05) is 0 Å². The molecule has 0 aliphatic heterocycles. The van der Waals surface area contributed by atoms with Gasteiger partial charge in [-0.1, -0.05) is 0 Å². The van der Waals surface area contributed by atoms with Gasteiger partial charge in [-0.3, -0.25) is 14.9 Å². The Morgan fingerprint density at radius 1 is 1.55 bits per heavy atom. The summed E-state index contributed by atoms with van der Waals surface area (Å²) in [5.74, 6) is -0.232. The minimum absolute atomic E-state index is 0.0354. The quantitative estimate of drug-likeness (QED) is 0.628. The zero-order valence-electron chi connectivity index (χ0n) is 10.5. The third-order valence-corrected chi connectivity index (χ3v) is 2.37. The third kappa shape index (κ3) is 2.88. The molecule has 0 radical (unpaired) electrons. The zero-order valence-corrected chi connectivity index (χ0v) is 10.5. The van der Waals surface area contributed by atoms with Crippen molar-refractivity contribution >= 4 is 17.3 Å². The maximum absolute atomic E-state index is 11.8. The number of H-pyrrole nitrogens is 1. The van der Waals surface area contributed by atoms with Crippen molar-refractivity contribution in [1.82, 2.24) is 15.4 Å². The molecule has 1 amide bonds. The fourth-order valence-electron chi connectivity index (χ4n) is 1.52. The average Bonchev–Trinajstić information content (AvgIpc) is 2.94. The predicted molar refractivity (Wildman–Crippen MR) is 68.6 cm³/mol. The van der Waals surface area contributed by atoms with Crippen LogP contribution in [0.3, 0.4) is 0 Å². The number of aromatic amines is 1. The molecule has 104 valence electrons. The summed E-state index contributed by atoms with van der Waals surface area (Å²) in [6.07, 6.45) is 1.22. The first-order valence-corrected chi connectivity index (χ1v) is 5.70. The fourth-order valence-corrected chi connectivity index (χ4v) is 1.52. The highest BCUT2D eigenvalue weighted by molar-refractivity contribution is 6.03. The second-order valence-corrected chi connectivity index (χ2v) is 3.68. The molecule has 2 aromatic rings. The van der Waals surface area contributed by atoms with Gasteiger partial charge in [0.15, 0.2) is 5.69 Å². The lowest BCUT2D eigenvalue weighted by Gasteiger charge is -2.07. The lowest BCUT2D eigenvalue weighted by atomic mass is 10.2. The average molecular weight is 277 g/mol. The number of anilines is 1. The number of nitro groups is 1. The van der Waals surface area contributed by atoms with Crippen LogP contribution in [0.1, 0.15) is 17.4 Å². The number of ether oxygens (including phenoxy) is 1. The summed E-state index contributed by atoms with van der Waals surface area (Å²) >= 11 is 0. The molecule has 0 spiro atoms. The van der Waals surface area contributed by atoms with Crippen molar-refractivity contribution in [2.24, 2.45) is 0 Å². The molecular weight excluding hydrogens is 266 g/mol. The highest BCUT2D eigenvalue weighted by Crippen LogP contribution is 2.29. The lowest BCUT2D eigenvalue weighted by molar-refractivity contribution is -0.384. The van der Waals surface area contributed by atoms with Gasteiger partial charge < -0.3 is 10.1 Å². The van der Waals surface area contributed by atoms with E-state index in [4.69, 9.17) is 4.74 Å². The number of amides is 1. The first-order valence-electron chi connectivity index (χ1n) is 5.70. The molecule has 0 bridgehead atoms. The van der Waals surface area contributed by atoms with Gasteiger partial charge in [0.25, 0.3) is 11.6 Å². The SMILES string of the molecule is CCOc1ccc(NC(=O)c2cn[nH]n2)c([N+](=O)[O-])c1. The molecule has 2 rings (SSSR count). The molecule has 0 unspecified atom stereocenters. The number of nitrogens with zero attached hydrogens (tertiary/aromatic N) is 3. The number of carbonyl (C=O) groups excluding carboxylic acids is 1. The Kier molecular flexibility index (Phi) is 3.89. The van der Waals surface area contributed by atoms with Gasteiger partial charge in [-0.2, -0.15) is 15.4 Å². The Bertz CT molecular complexity index is 626. The van der Waals surface area contributed by atoms with Crippen LogP contribution in [0, 0.1) is 10.1 Å². The molecule has 1 aromatic carbocycles. The third-order valence-electron chi connectivity index (χ3n) is 2.37. The van der Waals surface area contributed by atoms with Crippen LogP contribution in [0.25, 0.3) is 0 Å². The predicted octanol–water partition coefficient (Wildman–Crippen LogP) is 1.36. The molecular formula is C11H11N5O4. The highest BCUT2D eigenvalue weighted by Gasteiger charge is 2.19. The van der Waals surface area contributed by atoms with Gasteiger partial charge in [0.1, 0.15) is 11.4 Å². The highest BCUT2D eigenvalue weighted by atomic mass is 16.6. The lowest BCUT2D eigenvalue weighted by Crippen LogP contribution is -2.13. The maximum atomic E-state index is 11.8. The van der Waals surface area contributed by atoms with Crippen molar-refractivity contribution in [1.29, 1.82) is 0 Å². The minimum Gasteiger partial charge on any atom is -0.494 e. The van der Waals surface area contributed by atoms with Gasteiger partial charge >= 0.3 is 0 Å². The summed E-state index contributed by atoms with van der Waals surface area (Å²) in [6.45, 7) is 2.16. The van der Waals surface area contributed by atoms with Crippen LogP contribution < -0.4 is 10.1 Å². The largest absolute Gasteiger partial charge is 0.494 e. The van der Waals surface area contributed by atoms with Gasteiger partial charge in [-0.15, -0.1) is 0 Å². The Hall–Kier alpha value is -2.97. The number of rotatable bonds is 5. The second-order valence-electron chi connectivity index (χ2n) is 3.68. The van der Waals surface area contributed by atoms with E-state index in [0.29, 0.717) is 12.4 Å². The van der Waals surface area contributed by atoms with E-state index in [1.807, 2.05) is 0 Å². The standard InChI is InChI=1S/C11H11N5O4/c1-2-20-7-3-4-8(10(5-7)16(18)19)13-11(17)9-6-12-15-14-9/h3-6H,2H2,1H3,(H,13,17)(H,12,14,15). The van der Waals surface area contributed by atoms with Crippen molar-refractivity contribution < 1.29 is 14.5 Å². The van der Waals surface area contributed by atoms with Gasteiger partial charge in [-0.05, 0) is 19.1 Å². The summed E-state index contributed by atoms with van der Waals surface area (Å²) in [5, 5.41) is 22.8. The number of hydrogen-bond donors (Lipinski definition) is 2. The van der Waals surface area contributed by atoms with Crippen molar-refractivity contribution in [2.75, 3.05) is 11.9 Å². The Labute approximate surface area is 113 Å². The van der Waals surface area contributed by atoms with E-state index in [9.17, 15) is 14.9 Å². The van der Waals surface area contributed by atoms with E-state index >= 15 is 0 Å².